The Morgan fingerprint density at radius 1 is 1.12 bits per heavy atom. The molecule has 26 heavy (non-hydrogen) atoms. The van der Waals surface area contributed by atoms with Gasteiger partial charge in [0.1, 0.15) is 5.75 Å². The predicted octanol–water partition coefficient (Wildman–Crippen LogP) is 3.94. The van der Waals surface area contributed by atoms with Crippen LogP contribution in [0.1, 0.15) is 10.4 Å². The van der Waals surface area contributed by atoms with E-state index in [0.29, 0.717) is 17.9 Å². The molecule has 1 aromatic heterocycles. The van der Waals surface area contributed by atoms with Crippen molar-refractivity contribution in [2.45, 2.75) is 0 Å². The number of halogens is 1. The summed E-state index contributed by atoms with van der Waals surface area (Å²) in [5.41, 5.74) is 1.51. The number of amides is 1. The summed E-state index contributed by atoms with van der Waals surface area (Å²) in [4.78, 5) is 21.6. The van der Waals surface area contributed by atoms with Gasteiger partial charge in [-0.2, -0.15) is 0 Å². The highest BCUT2D eigenvalue weighted by Crippen LogP contribution is 2.29. The van der Waals surface area contributed by atoms with Gasteiger partial charge in [0, 0.05) is 18.7 Å². The Balaban J connectivity index is 0.00000243. The molecule has 0 radical (unpaired) electrons. The van der Waals surface area contributed by atoms with Crippen molar-refractivity contribution >= 4 is 45.0 Å². The van der Waals surface area contributed by atoms with E-state index in [1.807, 2.05) is 50.5 Å². The highest BCUT2D eigenvalue weighted by molar-refractivity contribution is 7.22. The van der Waals surface area contributed by atoms with Crippen LogP contribution in [0.3, 0.4) is 0 Å². The molecule has 0 aliphatic heterocycles. The standard InChI is InChI=1S/C19H21N3O2S.ClH/c1-21(2)11-12-22(18(23)14-7-6-8-15(13-14)24-3)19-20-16-9-4-5-10-17(16)25-19;/h4-10,13H,11-12H2,1-3H3;1H. The molecule has 0 aliphatic carbocycles. The summed E-state index contributed by atoms with van der Waals surface area (Å²) in [5.74, 6) is 0.600. The zero-order chi connectivity index (χ0) is 17.8. The lowest BCUT2D eigenvalue weighted by Crippen LogP contribution is -2.36. The quantitative estimate of drug-likeness (QED) is 0.638. The summed E-state index contributed by atoms with van der Waals surface area (Å²) < 4.78 is 6.32. The number of aromatic nitrogens is 1. The first-order chi connectivity index (χ1) is 12.1. The number of benzene rings is 2. The number of para-hydroxylation sites is 1. The highest BCUT2D eigenvalue weighted by Gasteiger charge is 2.21. The Hall–Kier alpha value is -2.15. The van der Waals surface area contributed by atoms with Crippen LogP contribution in [0.2, 0.25) is 0 Å². The maximum Gasteiger partial charge on any atom is 0.260 e. The summed E-state index contributed by atoms with van der Waals surface area (Å²) in [6.07, 6.45) is 0. The number of carbonyl (C=O) groups excluding carboxylic acids is 1. The van der Waals surface area contributed by atoms with Gasteiger partial charge in [0.15, 0.2) is 5.13 Å². The number of nitrogens with zero attached hydrogens (tertiary/aromatic N) is 3. The molecule has 138 valence electrons. The second-order valence-electron chi connectivity index (χ2n) is 5.96. The van der Waals surface area contributed by atoms with E-state index in [4.69, 9.17) is 4.74 Å². The molecular formula is C19H22ClN3O2S. The summed E-state index contributed by atoms with van der Waals surface area (Å²) in [7, 11) is 5.58. The fourth-order valence-corrected chi connectivity index (χ4v) is 3.46. The first-order valence-corrected chi connectivity index (χ1v) is 8.86. The van der Waals surface area contributed by atoms with Gasteiger partial charge in [-0.15, -0.1) is 12.4 Å². The van der Waals surface area contributed by atoms with Crippen LogP contribution < -0.4 is 9.64 Å². The largest absolute Gasteiger partial charge is 0.497 e. The third-order valence-electron chi connectivity index (χ3n) is 3.85. The second kappa shape index (κ2) is 8.98. The molecule has 1 amide bonds. The first kappa shape index (κ1) is 20.2. The Bertz CT molecular complexity index is 849. The van der Waals surface area contributed by atoms with Crippen molar-refractivity contribution in [3.63, 3.8) is 0 Å². The van der Waals surface area contributed by atoms with Crippen LogP contribution in [0.15, 0.2) is 48.5 Å². The summed E-state index contributed by atoms with van der Waals surface area (Å²) in [6.45, 7) is 1.33. The number of carbonyl (C=O) groups is 1. The molecule has 0 atom stereocenters. The van der Waals surface area contributed by atoms with Crippen molar-refractivity contribution in [2.75, 3.05) is 39.2 Å². The van der Waals surface area contributed by atoms with Crippen molar-refractivity contribution in [1.29, 1.82) is 0 Å². The number of fused-ring (bicyclic) bond motifs is 1. The molecule has 1 heterocycles. The molecule has 0 spiro atoms. The predicted molar refractivity (Wildman–Crippen MR) is 110 cm³/mol. The molecule has 0 saturated heterocycles. The number of anilines is 1. The van der Waals surface area contributed by atoms with Crippen LogP contribution in [-0.4, -0.2) is 50.1 Å². The molecule has 0 bridgehead atoms. The molecular weight excluding hydrogens is 370 g/mol. The normalized spacial score (nSPS) is 10.6. The summed E-state index contributed by atoms with van der Waals surface area (Å²) >= 11 is 1.53. The van der Waals surface area contributed by atoms with Gasteiger partial charge in [-0.25, -0.2) is 4.98 Å². The monoisotopic (exact) mass is 391 g/mol. The van der Waals surface area contributed by atoms with E-state index in [-0.39, 0.29) is 18.3 Å². The third-order valence-corrected chi connectivity index (χ3v) is 4.91. The molecule has 0 unspecified atom stereocenters. The van der Waals surface area contributed by atoms with E-state index < -0.39 is 0 Å². The van der Waals surface area contributed by atoms with Crippen LogP contribution >= 0.6 is 23.7 Å². The van der Waals surface area contributed by atoms with E-state index >= 15 is 0 Å². The van der Waals surface area contributed by atoms with Crippen molar-refractivity contribution in [3.8, 4) is 5.75 Å². The molecule has 7 heteroatoms. The lowest BCUT2D eigenvalue weighted by Gasteiger charge is -2.22. The number of hydrogen-bond donors (Lipinski definition) is 0. The van der Waals surface area contributed by atoms with Crippen LogP contribution in [0.5, 0.6) is 5.75 Å². The molecule has 3 aromatic rings. The number of hydrogen-bond acceptors (Lipinski definition) is 5. The van der Waals surface area contributed by atoms with Gasteiger partial charge >= 0.3 is 0 Å². The number of likely N-dealkylation sites (N-methyl/N-ethyl adjacent to an activating group) is 1. The maximum atomic E-state index is 13.1. The average molecular weight is 392 g/mol. The molecule has 0 saturated carbocycles. The zero-order valence-corrected chi connectivity index (χ0v) is 16.6. The smallest absolute Gasteiger partial charge is 0.260 e. The lowest BCUT2D eigenvalue weighted by atomic mass is 10.2. The maximum absolute atomic E-state index is 13.1. The van der Waals surface area contributed by atoms with Gasteiger partial charge in [0.05, 0.1) is 17.3 Å². The average Bonchev–Trinajstić information content (AvgIpc) is 3.05. The van der Waals surface area contributed by atoms with Gasteiger partial charge < -0.3 is 9.64 Å². The minimum atomic E-state index is -0.0696. The van der Waals surface area contributed by atoms with Crippen LogP contribution in [0, 0.1) is 0 Å². The van der Waals surface area contributed by atoms with Gasteiger partial charge in [0.2, 0.25) is 0 Å². The first-order valence-electron chi connectivity index (χ1n) is 8.04. The van der Waals surface area contributed by atoms with E-state index in [1.54, 1.807) is 24.1 Å². The Labute approximate surface area is 163 Å². The van der Waals surface area contributed by atoms with E-state index in [1.165, 1.54) is 11.3 Å². The molecule has 0 N–H and O–H groups in total. The minimum absolute atomic E-state index is 0. The van der Waals surface area contributed by atoms with Crippen LogP contribution in [0.25, 0.3) is 10.2 Å². The lowest BCUT2D eigenvalue weighted by molar-refractivity contribution is 0.0985. The fraction of sp³-hybridized carbons (Fsp3) is 0.263. The topological polar surface area (TPSA) is 45.7 Å². The molecule has 0 fully saturated rings. The number of thiazole rings is 1. The van der Waals surface area contributed by atoms with E-state index in [9.17, 15) is 4.79 Å². The second-order valence-corrected chi connectivity index (χ2v) is 6.97. The Morgan fingerprint density at radius 2 is 1.88 bits per heavy atom. The van der Waals surface area contributed by atoms with Crippen molar-refractivity contribution < 1.29 is 9.53 Å². The van der Waals surface area contributed by atoms with Crippen LogP contribution in [0.4, 0.5) is 5.13 Å². The van der Waals surface area contributed by atoms with E-state index in [0.717, 1.165) is 21.9 Å². The molecule has 5 nitrogen and oxygen atoms in total. The Kier molecular flexibility index (Phi) is 6.97. The summed E-state index contributed by atoms with van der Waals surface area (Å²) in [6, 6.07) is 15.2. The number of methoxy groups -OCH3 is 1. The Morgan fingerprint density at radius 3 is 2.58 bits per heavy atom. The number of rotatable bonds is 6. The van der Waals surface area contributed by atoms with Crippen molar-refractivity contribution in [1.82, 2.24) is 9.88 Å². The number of ether oxygens (including phenoxy) is 1. The van der Waals surface area contributed by atoms with Gasteiger partial charge in [0.25, 0.3) is 5.91 Å². The SMILES string of the molecule is COc1cccc(C(=O)N(CCN(C)C)c2nc3ccccc3s2)c1.Cl. The minimum Gasteiger partial charge on any atom is -0.497 e. The summed E-state index contributed by atoms with van der Waals surface area (Å²) in [5, 5.41) is 0.718. The van der Waals surface area contributed by atoms with Crippen LogP contribution in [-0.2, 0) is 0 Å². The van der Waals surface area contributed by atoms with Crippen molar-refractivity contribution in [2.24, 2.45) is 0 Å². The molecule has 0 aliphatic rings. The third kappa shape index (κ3) is 4.52. The van der Waals surface area contributed by atoms with Gasteiger partial charge in [-0.3, -0.25) is 9.69 Å². The highest BCUT2D eigenvalue weighted by atomic mass is 35.5. The van der Waals surface area contributed by atoms with Gasteiger partial charge in [-0.05, 0) is 44.4 Å². The molecule has 3 rings (SSSR count). The van der Waals surface area contributed by atoms with Crippen molar-refractivity contribution in [3.05, 3.63) is 54.1 Å². The van der Waals surface area contributed by atoms with E-state index in [2.05, 4.69) is 9.88 Å². The zero-order valence-electron chi connectivity index (χ0n) is 15.0. The van der Waals surface area contributed by atoms with Gasteiger partial charge in [-0.1, -0.05) is 29.5 Å². The molecule has 2 aromatic carbocycles. The fourth-order valence-electron chi connectivity index (χ4n) is 2.47.